The lowest BCUT2D eigenvalue weighted by Crippen LogP contribution is -2.38. The fourth-order valence-electron chi connectivity index (χ4n) is 1.03. The zero-order valence-corrected chi connectivity index (χ0v) is 13.3. The first-order valence-electron chi connectivity index (χ1n) is 6.20. The van der Waals surface area contributed by atoms with Crippen molar-refractivity contribution < 1.29 is 9.53 Å². The number of carbonyl (C=O) groups excluding carboxylic acids is 1. The van der Waals surface area contributed by atoms with Crippen LogP contribution in [0.25, 0.3) is 0 Å². The van der Waals surface area contributed by atoms with E-state index in [1.165, 1.54) is 11.8 Å². The summed E-state index contributed by atoms with van der Waals surface area (Å²) in [5.74, 6) is 0.670. The smallest absolute Gasteiger partial charge is 0.407 e. The number of alkyl carbamates (subject to hydrolysis) is 1. The number of hydrogen-bond donors (Lipinski definition) is 2. The molecule has 0 aromatic carbocycles. The Bertz CT molecular complexity index is 265. The molecule has 0 saturated carbocycles. The van der Waals surface area contributed by atoms with Crippen LogP contribution in [-0.2, 0) is 4.74 Å². The summed E-state index contributed by atoms with van der Waals surface area (Å²) in [6.45, 7) is 9.28. The number of thioether (sulfide) groups is 1. The molecule has 1 amide bonds. The van der Waals surface area contributed by atoms with E-state index in [2.05, 4.69) is 38.3 Å². The molecule has 0 spiro atoms. The van der Waals surface area contributed by atoms with Crippen LogP contribution >= 0.6 is 24.0 Å². The molecule has 0 aromatic rings. The molecule has 2 N–H and O–H groups in total. The van der Waals surface area contributed by atoms with Crippen molar-refractivity contribution in [3.05, 3.63) is 0 Å². The second kappa shape index (κ2) is 9.44. The molecule has 0 rings (SSSR count). The van der Waals surface area contributed by atoms with Crippen molar-refractivity contribution in [1.29, 1.82) is 0 Å². The molecule has 0 aromatic heterocycles. The lowest BCUT2D eigenvalue weighted by molar-refractivity contribution is 0.153. The molecule has 4 nitrogen and oxygen atoms in total. The number of rotatable bonds is 6. The summed E-state index contributed by atoms with van der Waals surface area (Å²) in [7, 11) is 0. The summed E-state index contributed by atoms with van der Waals surface area (Å²) in [4.78, 5) is 11.2. The van der Waals surface area contributed by atoms with E-state index in [-0.39, 0.29) is 11.6 Å². The maximum Gasteiger partial charge on any atom is 0.407 e. The van der Waals surface area contributed by atoms with Crippen LogP contribution < -0.4 is 10.6 Å². The maximum atomic E-state index is 11.2. The third-order valence-corrected chi connectivity index (χ3v) is 3.02. The molecule has 18 heavy (non-hydrogen) atoms. The lowest BCUT2D eigenvalue weighted by atomic mass is 10.1. The van der Waals surface area contributed by atoms with E-state index in [0.29, 0.717) is 18.9 Å². The first-order chi connectivity index (χ1) is 8.35. The van der Waals surface area contributed by atoms with E-state index in [9.17, 15) is 4.79 Å². The Morgan fingerprint density at radius 2 is 2.06 bits per heavy atom. The maximum absolute atomic E-state index is 11.2. The van der Waals surface area contributed by atoms with Crippen LogP contribution in [0.1, 0.15) is 40.5 Å². The molecule has 6 heteroatoms. The van der Waals surface area contributed by atoms with Crippen molar-refractivity contribution in [3.8, 4) is 0 Å². The molecule has 0 aliphatic carbocycles. The molecular formula is C12H24N2O2S2. The highest BCUT2D eigenvalue weighted by Gasteiger charge is 2.11. The summed E-state index contributed by atoms with van der Waals surface area (Å²) in [5, 5.41) is 5.88. The molecule has 0 radical (unpaired) electrons. The molecule has 0 saturated heterocycles. The fourth-order valence-corrected chi connectivity index (χ4v) is 2.32. The van der Waals surface area contributed by atoms with Crippen molar-refractivity contribution in [2.24, 2.45) is 0 Å². The van der Waals surface area contributed by atoms with Gasteiger partial charge < -0.3 is 15.4 Å². The van der Waals surface area contributed by atoms with Gasteiger partial charge >= 0.3 is 6.09 Å². The Morgan fingerprint density at radius 3 is 2.61 bits per heavy atom. The summed E-state index contributed by atoms with van der Waals surface area (Å²) in [6, 6.07) is 0. The van der Waals surface area contributed by atoms with Crippen molar-refractivity contribution in [3.63, 3.8) is 0 Å². The van der Waals surface area contributed by atoms with Gasteiger partial charge in [0.15, 0.2) is 0 Å². The normalized spacial score (nSPS) is 10.9. The highest BCUT2D eigenvalue weighted by molar-refractivity contribution is 8.22. The molecule has 0 bridgehead atoms. The van der Waals surface area contributed by atoms with Gasteiger partial charge in [0.1, 0.15) is 10.9 Å². The number of thiocarbonyl (C=S) groups is 1. The molecule has 106 valence electrons. The number of carbonyl (C=O) groups is 1. The Labute approximate surface area is 120 Å². The molecule has 0 unspecified atom stereocenters. The topological polar surface area (TPSA) is 50.4 Å². The van der Waals surface area contributed by atoms with Crippen LogP contribution in [0.2, 0.25) is 0 Å². The Kier molecular flexibility index (Phi) is 9.18. The molecular weight excluding hydrogens is 268 g/mol. The molecule has 0 heterocycles. The predicted octanol–water partition coefficient (Wildman–Crippen LogP) is 2.92. The van der Waals surface area contributed by atoms with E-state index < -0.39 is 0 Å². The number of hydrogen-bond acceptors (Lipinski definition) is 4. The monoisotopic (exact) mass is 292 g/mol. The van der Waals surface area contributed by atoms with Crippen molar-refractivity contribution in [2.45, 2.75) is 46.1 Å². The summed E-state index contributed by atoms with van der Waals surface area (Å²) >= 11 is 6.65. The minimum atomic E-state index is -0.348. The lowest BCUT2D eigenvalue weighted by Gasteiger charge is -2.21. The fraction of sp³-hybridized carbons (Fsp3) is 0.833. The first-order valence-corrected chi connectivity index (χ1v) is 7.60. The van der Waals surface area contributed by atoms with E-state index >= 15 is 0 Å². The first kappa shape index (κ1) is 17.5. The molecule has 0 atom stereocenters. The zero-order valence-electron chi connectivity index (χ0n) is 11.7. The second-order valence-corrected chi connectivity index (χ2v) is 6.70. The van der Waals surface area contributed by atoms with Crippen LogP contribution in [0, 0.1) is 0 Å². The van der Waals surface area contributed by atoms with Gasteiger partial charge in [-0.1, -0.05) is 37.3 Å². The van der Waals surface area contributed by atoms with Gasteiger partial charge in [-0.25, -0.2) is 4.79 Å². The van der Waals surface area contributed by atoms with Crippen LogP contribution in [-0.4, -0.2) is 34.9 Å². The van der Waals surface area contributed by atoms with Gasteiger partial charge in [-0.15, -0.1) is 0 Å². The Morgan fingerprint density at radius 1 is 1.39 bits per heavy atom. The van der Waals surface area contributed by atoms with Crippen LogP contribution in [0.15, 0.2) is 0 Å². The third-order valence-electron chi connectivity index (χ3n) is 1.83. The van der Waals surface area contributed by atoms with Crippen molar-refractivity contribution in [2.75, 3.05) is 18.9 Å². The quantitative estimate of drug-likeness (QED) is 0.582. The van der Waals surface area contributed by atoms with Crippen molar-refractivity contribution in [1.82, 2.24) is 10.6 Å². The highest BCUT2D eigenvalue weighted by atomic mass is 32.2. The van der Waals surface area contributed by atoms with E-state index in [1.54, 1.807) is 0 Å². The van der Waals surface area contributed by atoms with Gasteiger partial charge in [0.05, 0.1) is 0 Å². The molecule has 0 aliphatic rings. The van der Waals surface area contributed by atoms with Crippen LogP contribution in [0.5, 0.6) is 0 Å². The second-order valence-electron chi connectivity index (χ2n) is 4.93. The predicted molar refractivity (Wildman–Crippen MR) is 82.2 cm³/mol. The van der Waals surface area contributed by atoms with Gasteiger partial charge in [0.25, 0.3) is 0 Å². The number of unbranched alkanes of at least 4 members (excludes halogenated alkanes) is 1. The van der Waals surface area contributed by atoms with E-state index in [4.69, 9.17) is 17.0 Å². The SMILES string of the molecule is CCCCNC(=O)OCCSC(=S)NC(C)(C)C. The number of nitrogens with one attached hydrogen (secondary N) is 2. The number of ether oxygens (including phenoxy) is 1. The van der Waals surface area contributed by atoms with Gasteiger partial charge in [-0.3, -0.25) is 0 Å². The van der Waals surface area contributed by atoms with Gasteiger partial charge in [-0.2, -0.15) is 0 Å². The van der Waals surface area contributed by atoms with Gasteiger partial charge in [-0.05, 0) is 27.2 Å². The van der Waals surface area contributed by atoms with Crippen LogP contribution in [0.3, 0.4) is 0 Å². The summed E-state index contributed by atoms with van der Waals surface area (Å²) in [6.07, 6.45) is 1.69. The molecule has 0 fully saturated rings. The van der Waals surface area contributed by atoms with Crippen molar-refractivity contribution >= 4 is 34.4 Å². The summed E-state index contributed by atoms with van der Waals surface area (Å²) < 4.78 is 5.74. The summed E-state index contributed by atoms with van der Waals surface area (Å²) in [5.41, 5.74) is -0.0253. The van der Waals surface area contributed by atoms with Crippen LogP contribution in [0.4, 0.5) is 4.79 Å². The third kappa shape index (κ3) is 12.0. The number of amides is 1. The average molecular weight is 292 g/mol. The molecule has 0 aliphatic heterocycles. The van der Waals surface area contributed by atoms with Gasteiger partial charge in [0, 0.05) is 17.8 Å². The minimum absolute atomic E-state index is 0.0253. The largest absolute Gasteiger partial charge is 0.449 e. The van der Waals surface area contributed by atoms with E-state index in [1.807, 2.05) is 0 Å². The minimum Gasteiger partial charge on any atom is -0.449 e. The van der Waals surface area contributed by atoms with E-state index in [0.717, 1.165) is 17.2 Å². The highest BCUT2D eigenvalue weighted by Crippen LogP contribution is 2.07. The Hall–Kier alpha value is -0.490. The standard InChI is InChI=1S/C12H24N2O2S2/c1-5-6-7-13-10(15)16-8-9-18-11(17)14-12(2,3)4/h5-9H2,1-4H3,(H,13,15)(H,14,17). The zero-order chi connectivity index (χ0) is 14.0. The van der Waals surface area contributed by atoms with Gasteiger partial charge in [0.2, 0.25) is 0 Å². The Balaban J connectivity index is 3.50. The average Bonchev–Trinajstić information content (AvgIpc) is 2.22.